The number of amides is 2. The minimum absolute atomic E-state index is 0.0939. The van der Waals surface area contributed by atoms with Gasteiger partial charge < -0.3 is 5.32 Å². The van der Waals surface area contributed by atoms with Gasteiger partial charge in [0.05, 0.1) is 5.69 Å². The van der Waals surface area contributed by atoms with Crippen LogP contribution in [-0.2, 0) is 9.59 Å². The normalized spacial score (nSPS) is 22.7. The minimum Gasteiger partial charge on any atom is -0.342 e. The largest absolute Gasteiger partial charge is 0.342 e. The number of carbonyl (C=O) groups excluding carboxylic acids is 2. The zero-order valence-electron chi connectivity index (χ0n) is 12.2. The lowest BCUT2D eigenvalue weighted by Crippen LogP contribution is -2.65. The van der Waals surface area contributed by atoms with Crippen LogP contribution in [0.2, 0.25) is 5.02 Å². The Hall–Kier alpha value is -1.62. The molecular weight excluding hydrogens is 295 g/mol. The van der Waals surface area contributed by atoms with Crippen molar-refractivity contribution in [3.8, 4) is 0 Å². The highest BCUT2D eigenvalue weighted by atomic mass is 35.5. The Bertz CT molecular complexity index is 577. The van der Waals surface area contributed by atoms with Crippen LogP contribution in [0, 0.1) is 11.7 Å². The molecule has 0 spiro atoms. The van der Waals surface area contributed by atoms with Gasteiger partial charge in [0.2, 0.25) is 11.8 Å². The first-order chi connectivity index (χ1) is 9.86. The first-order valence-electron chi connectivity index (χ1n) is 6.95. The number of rotatable bonds is 3. The molecular formula is C15H18ClFN2O2. The number of carbonyl (C=O) groups is 2. The van der Waals surface area contributed by atoms with E-state index < -0.39 is 17.9 Å². The zero-order valence-corrected chi connectivity index (χ0v) is 12.9. The number of nitrogens with zero attached hydrogens (tertiary/aromatic N) is 1. The van der Waals surface area contributed by atoms with Crippen LogP contribution in [0.5, 0.6) is 0 Å². The smallest absolute Gasteiger partial charge is 0.250 e. The summed E-state index contributed by atoms with van der Waals surface area (Å²) in [7, 11) is 0. The van der Waals surface area contributed by atoms with Crippen LogP contribution < -0.4 is 10.2 Å². The molecule has 1 fully saturated rings. The number of anilines is 1. The van der Waals surface area contributed by atoms with Gasteiger partial charge in [-0.15, -0.1) is 0 Å². The Labute approximate surface area is 128 Å². The molecule has 21 heavy (non-hydrogen) atoms. The first-order valence-corrected chi connectivity index (χ1v) is 7.33. The topological polar surface area (TPSA) is 49.4 Å². The third-order valence-corrected chi connectivity index (χ3v) is 3.84. The van der Waals surface area contributed by atoms with Crippen molar-refractivity contribution in [1.82, 2.24) is 5.32 Å². The molecule has 1 saturated heterocycles. The molecule has 2 atom stereocenters. The van der Waals surface area contributed by atoms with Crippen molar-refractivity contribution < 1.29 is 14.0 Å². The standard InChI is InChI=1S/C15H18ClFN2O2/c1-4-11-15(21)19(13(8(2)3)14(20)18-11)12-6-5-9(16)7-10(12)17/h5-8,11,13H,4H2,1-3H3,(H,18,20). The number of nitrogens with one attached hydrogen (secondary N) is 1. The number of halogens is 2. The average Bonchev–Trinajstić information content (AvgIpc) is 2.40. The summed E-state index contributed by atoms with van der Waals surface area (Å²) in [6.45, 7) is 5.45. The molecule has 6 heteroatoms. The van der Waals surface area contributed by atoms with Crippen LogP contribution in [0.15, 0.2) is 18.2 Å². The van der Waals surface area contributed by atoms with Crippen molar-refractivity contribution >= 4 is 29.1 Å². The third-order valence-electron chi connectivity index (χ3n) is 3.61. The SMILES string of the molecule is CCC1NC(=O)C(C(C)C)N(c2ccc(Cl)cc2F)C1=O. The summed E-state index contributed by atoms with van der Waals surface area (Å²) in [4.78, 5) is 26.1. The Kier molecular flexibility index (Phi) is 4.52. The van der Waals surface area contributed by atoms with E-state index in [4.69, 9.17) is 11.6 Å². The second-order valence-electron chi connectivity index (χ2n) is 5.46. The van der Waals surface area contributed by atoms with Crippen molar-refractivity contribution in [3.05, 3.63) is 29.0 Å². The molecule has 2 amide bonds. The van der Waals surface area contributed by atoms with Gasteiger partial charge in [-0.05, 0) is 30.5 Å². The molecule has 1 aliphatic rings. The second kappa shape index (κ2) is 6.02. The summed E-state index contributed by atoms with van der Waals surface area (Å²) >= 11 is 5.75. The molecule has 1 heterocycles. The molecule has 0 aliphatic carbocycles. The highest BCUT2D eigenvalue weighted by Crippen LogP contribution is 2.29. The highest BCUT2D eigenvalue weighted by Gasteiger charge is 2.42. The molecule has 0 bridgehead atoms. The van der Waals surface area contributed by atoms with Crippen molar-refractivity contribution in [1.29, 1.82) is 0 Å². The van der Waals surface area contributed by atoms with E-state index in [9.17, 15) is 14.0 Å². The van der Waals surface area contributed by atoms with Crippen LogP contribution in [0.1, 0.15) is 27.2 Å². The molecule has 114 valence electrons. The van der Waals surface area contributed by atoms with Crippen molar-refractivity contribution in [3.63, 3.8) is 0 Å². The molecule has 0 saturated carbocycles. The Morgan fingerprint density at radius 1 is 1.38 bits per heavy atom. The summed E-state index contributed by atoms with van der Waals surface area (Å²) in [6.07, 6.45) is 0.459. The molecule has 2 rings (SSSR count). The number of piperazine rings is 1. The van der Waals surface area contributed by atoms with Crippen LogP contribution in [0.25, 0.3) is 0 Å². The van der Waals surface area contributed by atoms with Gasteiger partial charge in [0, 0.05) is 5.02 Å². The van der Waals surface area contributed by atoms with Gasteiger partial charge in [-0.3, -0.25) is 14.5 Å². The average molecular weight is 313 g/mol. The maximum atomic E-state index is 14.2. The summed E-state index contributed by atoms with van der Waals surface area (Å²) in [5, 5.41) is 2.95. The van der Waals surface area contributed by atoms with Crippen molar-refractivity contribution in [2.45, 2.75) is 39.3 Å². The number of benzene rings is 1. The van der Waals surface area contributed by atoms with Crippen LogP contribution in [0.4, 0.5) is 10.1 Å². The number of hydrogen-bond donors (Lipinski definition) is 1. The Balaban J connectivity index is 2.52. The molecule has 1 aliphatic heterocycles. The fraction of sp³-hybridized carbons (Fsp3) is 0.467. The zero-order chi connectivity index (χ0) is 15.7. The lowest BCUT2D eigenvalue weighted by atomic mass is 9.95. The predicted molar refractivity (Wildman–Crippen MR) is 79.7 cm³/mol. The fourth-order valence-corrected chi connectivity index (χ4v) is 2.72. The van der Waals surface area contributed by atoms with E-state index in [1.54, 1.807) is 6.92 Å². The second-order valence-corrected chi connectivity index (χ2v) is 5.90. The third kappa shape index (κ3) is 2.88. The van der Waals surface area contributed by atoms with E-state index in [1.165, 1.54) is 17.0 Å². The Morgan fingerprint density at radius 2 is 2.05 bits per heavy atom. The van der Waals surface area contributed by atoms with Gasteiger partial charge in [0.25, 0.3) is 0 Å². The highest BCUT2D eigenvalue weighted by molar-refractivity contribution is 6.30. The molecule has 1 aromatic rings. The van der Waals surface area contributed by atoms with E-state index in [0.717, 1.165) is 6.07 Å². The summed E-state index contributed by atoms with van der Waals surface area (Å²) in [6, 6.07) is 2.75. The van der Waals surface area contributed by atoms with E-state index in [-0.39, 0.29) is 28.4 Å². The van der Waals surface area contributed by atoms with Crippen molar-refractivity contribution in [2.24, 2.45) is 5.92 Å². The molecule has 2 unspecified atom stereocenters. The first kappa shape index (κ1) is 15.8. The fourth-order valence-electron chi connectivity index (χ4n) is 2.56. The number of hydrogen-bond acceptors (Lipinski definition) is 2. The lowest BCUT2D eigenvalue weighted by Gasteiger charge is -2.40. The van der Waals surface area contributed by atoms with E-state index >= 15 is 0 Å². The summed E-state index contributed by atoms with van der Waals surface area (Å²) < 4.78 is 14.2. The Morgan fingerprint density at radius 3 is 2.57 bits per heavy atom. The van der Waals surface area contributed by atoms with Gasteiger partial charge in [-0.25, -0.2) is 4.39 Å². The molecule has 1 N–H and O–H groups in total. The summed E-state index contributed by atoms with van der Waals surface area (Å²) in [5.74, 6) is -1.30. The van der Waals surface area contributed by atoms with Crippen LogP contribution >= 0.6 is 11.6 Å². The molecule has 0 radical (unpaired) electrons. The van der Waals surface area contributed by atoms with Crippen molar-refractivity contribution in [2.75, 3.05) is 4.90 Å². The molecule has 1 aromatic carbocycles. The minimum atomic E-state index is -0.726. The van der Waals surface area contributed by atoms with E-state index in [1.807, 2.05) is 13.8 Å². The lowest BCUT2D eigenvalue weighted by molar-refractivity contribution is -0.134. The monoisotopic (exact) mass is 312 g/mol. The predicted octanol–water partition coefficient (Wildman–Crippen LogP) is 2.75. The quantitative estimate of drug-likeness (QED) is 0.933. The van der Waals surface area contributed by atoms with Crippen LogP contribution in [0.3, 0.4) is 0 Å². The van der Waals surface area contributed by atoms with Gasteiger partial charge in [0.1, 0.15) is 17.9 Å². The van der Waals surface area contributed by atoms with Gasteiger partial charge in [0.15, 0.2) is 0 Å². The van der Waals surface area contributed by atoms with E-state index in [2.05, 4.69) is 5.32 Å². The van der Waals surface area contributed by atoms with E-state index in [0.29, 0.717) is 6.42 Å². The van der Waals surface area contributed by atoms with Gasteiger partial charge in [-0.1, -0.05) is 32.4 Å². The molecule has 0 aromatic heterocycles. The molecule has 4 nitrogen and oxygen atoms in total. The van der Waals surface area contributed by atoms with Crippen LogP contribution in [-0.4, -0.2) is 23.9 Å². The maximum absolute atomic E-state index is 14.2. The van der Waals surface area contributed by atoms with Gasteiger partial charge >= 0.3 is 0 Å². The maximum Gasteiger partial charge on any atom is 0.250 e. The van der Waals surface area contributed by atoms with Gasteiger partial charge in [-0.2, -0.15) is 0 Å². The summed E-state index contributed by atoms with van der Waals surface area (Å²) in [5.41, 5.74) is 0.0939.